The van der Waals surface area contributed by atoms with Gasteiger partial charge in [0.25, 0.3) is 0 Å². The lowest BCUT2D eigenvalue weighted by atomic mass is 10.1. The lowest BCUT2D eigenvalue weighted by molar-refractivity contribution is 0.0126. The zero-order valence-electron chi connectivity index (χ0n) is 15.6. The fourth-order valence-corrected chi connectivity index (χ4v) is 4.13. The highest BCUT2D eigenvalue weighted by Gasteiger charge is 2.28. The van der Waals surface area contributed by atoms with Gasteiger partial charge in [-0.05, 0) is 54.9 Å². The smallest absolute Gasteiger partial charge is 0.410 e. The van der Waals surface area contributed by atoms with Gasteiger partial charge in [-0.3, -0.25) is 0 Å². The fraction of sp³-hybridized carbons (Fsp3) is 0.611. The third-order valence-corrected chi connectivity index (χ3v) is 6.38. The van der Waals surface area contributed by atoms with Crippen molar-refractivity contribution >= 4 is 31.9 Å². The molecular formula is C18H26BrNO5S. The van der Waals surface area contributed by atoms with Gasteiger partial charge in [0.1, 0.15) is 17.5 Å². The van der Waals surface area contributed by atoms with E-state index in [9.17, 15) is 13.2 Å². The van der Waals surface area contributed by atoms with E-state index in [-0.39, 0.29) is 22.8 Å². The molecule has 2 rings (SSSR count). The molecule has 1 saturated heterocycles. The Hall–Kier alpha value is -1.28. The van der Waals surface area contributed by atoms with Crippen LogP contribution in [0, 0.1) is 0 Å². The summed E-state index contributed by atoms with van der Waals surface area (Å²) in [5, 5.41) is 0. The SMILES string of the molecule is CCS(=O)(=O)c1ccc(OC2CCN(C(=O)OC(C)(C)C)CC2)c(Br)c1. The Morgan fingerprint density at radius 3 is 2.38 bits per heavy atom. The van der Waals surface area contributed by atoms with Crippen molar-refractivity contribution in [1.82, 2.24) is 4.90 Å². The summed E-state index contributed by atoms with van der Waals surface area (Å²) < 4.78 is 35.9. The molecule has 0 spiro atoms. The van der Waals surface area contributed by atoms with Crippen LogP contribution in [-0.2, 0) is 14.6 Å². The lowest BCUT2D eigenvalue weighted by Crippen LogP contribution is -2.44. The number of piperidine rings is 1. The third-order valence-electron chi connectivity index (χ3n) is 4.03. The van der Waals surface area contributed by atoms with E-state index in [2.05, 4.69) is 15.9 Å². The van der Waals surface area contributed by atoms with E-state index in [0.717, 1.165) is 0 Å². The van der Waals surface area contributed by atoms with Gasteiger partial charge >= 0.3 is 6.09 Å². The topological polar surface area (TPSA) is 72.9 Å². The van der Waals surface area contributed by atoms with Crippen molar-refractivity contribution in [3.63, 3.8) is 0 Å². The van der Waals surface area contributed by atoms with Gasteiger partial charge in [-0.25, -0.2) is 13.2 Å². The first-order valence-electron chi connectivity index (χ1n) is 8.69. The van der Waals surface area contributed by atoms with Crippen LogP contribution >= 0.6 is 15.9 Å². The number of ether oxygens (including phenoxy) is 2. The van der Waals surface area contributed by atoms with Gasteiger partial charge in [-0.2, -0.15) is 0 Å². The van der Waals surface area contributed by atoms with E-state index >= 15 is 0 Å². The highest BCUT2D eigenvalue weighted by atomic mass is 79.9. The molecule has 1 aliphatic heterocycles. The van der Waals surface area contributed by atoms with Gasteiger partial charge in [-0.15, -0.1) is 0 Å². The molecule has 1 fully saturated rings. The molecule has 0 bridgehead atoms. The molecule has 1 aromatic carbocycles. The number of hydrogen-bond acceptors (Lipinski definition) is 5. The summed E-state index contributed by atoms with van der Waals surface area (Å²) in [5.41, 5.74) is -0.504. The molecule has 6 nitrogen and oxygen atoms in total. The predicted molar refractivity (Wildman–Crippen MR) is 103 cm³/mol. The van der Waals surface area contributed by atoms with Crippen LogP contribution in [-0.4, -0.2) is 50.0 Å². The van der Waals surface area contributed by atoms with E-state index in [4.69, 9.17) is 9.47 Å². The Morgan fingerprint density at radius 2 is 1.88 bits per heavy atom. The standard InChI is InChI=1S/C18H26BrNO5S/c1-5-26(22,23)14-6-7-16(15(19)12-14)24-13-8-10-20(11-9-13)17(21)25-18(2,3)4/h6-7,12-13H,5,8-11H2,1-4H3. The molecule has 8 heteroatoms. The minimum Gasteiger partial charge on any atom is -0.489 e. The summed E-state index contributed by atoms with van der Waals surface area (Å²) in [5.74, 6) is 0.665. The summed E-state index contributed by atoms with van der Waals surface area (Å²) in [6.07, 6.45) is 1.06. The number of amides is 1. The summed E-state index contributed by atoms with van der Waals surface area (Å²) in [4.78, 5) is 14.1. The highest BCUT2D eigenvalue weighted by molar-refractivity contribution is 9.10. The highest BCUT2D eigenvalue weighted by Crippen LogP contribution is 2.30. The summed E-state index contributed by atoms with van der Waals surface area (Å²) in [7, 11) is -3.25. The Balaban J connectivity index is 1.95. The minimum atomic E-state index is -3.25. The molecule has 0 saturated carbocycles. The van der Waals surface area contributed by atoms with Crippen molar-refractivity contribution in [3.8, 4) is 5.75 Å². The van der Waals surface area contributed by atoms with E-state index in [1.54, 1.807) is 30.0 Å². The second-order valence-electron chi connectivity index (χ2n) is 7.28. The van der Waals surface area contributed by atoms with Crippen molar-refractivity contribution < 1.29 is 22.7 Å². The average molecular weight is 448 g/mol. The van der Waals surface area contributed by atoms with E-state index in [1.165, 1.54) is 0 Å². The molecule has 0 N–H and O–H groups in total. The van der Waals surface area contributed by atoms with Crippen LogP contribution in [0.2, 0.25) is 0 Å². The van der Waals surface area contributed by atoms with Gasteiger partial charge < -0.3 is 14.4 Å². The molecule has 1 heterocycles. The molecule has 1 aliphatic rings. The van der Waals surface area contributed by atoms with Crippen molar-refractivity contribution in [3.05, 3.63) is 22.7 Å². The quantitative estimate of drug-likeness (QED) is 0.696. The number of likely N-dealkylation sites (tertiary alicyclic amines) is 1. The Labute approximate surface area is 163 Å². The maximum absolute atomic E-state index is 12.1. The van der Waals surface area contributed by atoms with Gasteiger partial charge in [0.2, 0.25) is 0 Å². The molecule has 0 radical (unpaired) electrons. The van der Waals surface area contributed by atoms with Crippen LogP contribution in [0.5, 0.6) is 5.75 Å². The number of carbonyl (C=O) groups is 1. The molecule has 1 aromatic rings. The van der Waals surface area contributed by atoms with Gasteiger partial charge in [0.15, 0.2) is 9.84 Å². The molecule has 146 valence electrons. The first-order valence-corrected chi connectivity index (χ1v) is 11.1. The number of sulfone groups is 1. The van der Waals surface area contributed by atoms with Gasteiger partial charge in [0, 0.05) is 25.9 Å². The molecule has 0 unspecified atom stereocenters. The number of carbonyl (C=O) groups excluding carboxylic acids is 1. The lowest BCUT2D eigenvalue weighted by Gasteiger charge is -2.33. The van der Waals surface area contributed by atoms with Crippen molar-refractivity contribution in [2.75, 3.05) is 18.8 Å². The van der Waals surface area contributed by atoms with E-state index in [1.807, 2.05) is 20.8 Å². The van der Waals surface area contributed by atoms with E-state index < -0.39 is 15.4 Å². The van der Waals surface area contributed by atoms with Crippen LogP contribution in [0.15, 0.2) is 27.6 Å². The molecule has 0 aliphatic carbocycles. The molecule has 26 heavy (non-hydrogen) atoms. The number of rotatable bonds is 4. The summed E-state index contributed by atoms with van der Waals surface area (Å²) >= 11 is 3.39. The van der Waals surface area contributed by atoms with Crippen molar-refractivity contribution in [2.45, 2.75) is 57.1 Å². The Bertz CT molecular complexity index is 749. The summed E-state index contributed by atoms with van der Waals surface area (Å²) in [6.45, 7) is 8.30. The first kappa shape index (κ1) is 21.0. The summed E-state index contributed by atoms with van der Waals surface area (Å²) in [6, 6.07) is 4.81. The number of nitrogens with zero attached hydrogens (tertiary/aromatic N) is 1. The molecule has 1 amide bonds. The molecule has 0 atom stereocenters. The van der Waals surface area contributed by atoms with Crippen LogP contribution in [0.3, 0.4) is 0 Å². The first-order chi connectivity index (χ1) is 12.0. The zero-order chi connectivity index (χ0) is 19.5. The molecule has 0 aromatic heterocycles. The zero-order valence-corrected chi connectivity index (χ0v) is 18.0. The maximum Gasteiger partial charge on any atom is 0.410 e. The van der Waals surface area contributed by atoms with Crippen LogP contribution in [0.25, 0.3) is 0 Å². The number of benzene rings is 1. The van der Waals surface area contributed by atoms with Crippen molar-refractivity contribution in [2.24, 2.45) is 0 Å². The Kier molecular flexibility index (Phi) is 6.60. The molecular weight excluding hydrogens is 422 g/mol. The fourth-order valence-electron chi connectivity index (χ4n) is 2.60. The van der Waals surface area contributed by atoms with Gasteiger partial charge in [-0.1, -0.05) is 6.92 Å². The second kappa shape index (κ2) is 8.17. The minimum absolute atomic E-state index is 0.0291. The Morgan fingerprint density at radius 1 is 1.27 bits per heavy atom. The van der Waals surface area contributed by atoms with Gasteiger partial charge in [0.05, 0.1) is 15.1 Å². The average Bonchev–Trinajstić information content (AvgIpc) is 2.55. The largest absolute Gasteiger partial charge is 0.489 e. The van der Waals surface area contributed by atoms with Crippen LogP contribution in [0.4, 0.5) is 4.79 Å². The second-order valence-corrected chi connectivity index (χ2v) is 10.4. The van der Waals surface area contributed by atoms with E-state index in [0.29, 0.717) is 36.2 Å². The van der Waals surface area contributed by atoms with Crippen LogP contribution in [0.1, 0.15) is 40.5 Å². The number of hydrogen-bond donors (Lipinski definition) is 0. The maximum atomic E-state index is 12.1. The van der Waals surface area contributed by atoms with Crippen molar-refractivity contribution in [1.29, 1.82) is 0 Å². The third kappa shape index (κ3) is 5.61. The normalized spacial score (nSPS) is 16.4. The predicted octanol–water partition coefficient (Wildman–Crippen LogP) is 4.02. The number of halogens is 1. The van der Waals surface area contributed by atoms with Crippen LogP contribution < -0.4 is 4.74 Å². The monoisotopic (exact) mass is 447 g/mol.